The van der Waals surface area contributed by atoms with Gasteiger partial charge in [-0.2, -0.15) is 0 Å². The molecule has 0 unspecified atom stereocenters. The number of hydrogen-bond donors (Lipinski definition) is 2. The lowest BCUT2D eigenvalue weighted by atomic mass is 10.2. The third-order valence-corrected chi connectivity index (χ3v) is 4.02. The van der Waals surface area contributed by atoms with E-state index in [9.17, 15) is 14.4 Å². The molecule has 2 rings (SSSR count). The first-order valence-electron chi connectivity index (χ1n) is 8.64. The molecule has 2 aromatic carbocycles. The fourth-order valence-electron chi connectivity index (χ4n) is 2.29. The predicted molar refractivity (Wildman–Crippen MR) is 108 cm³/mol. The van der Waals surface area contributed by atoms with Gasteiger partial charge in [-0.3, -0.25) is 14.4 Å². The van der Waals surface area contributed by atoms with E-state index >= 15 is 0 Å². The summed E-state index contributed by atoms with van der Waals surface area (Å²) >= 11 is 5.77. The zero-order valence-corrected chi connectivity index (χ0v) is 16.7. The van der Waals surface area contributed by atoms with E-state index in [1.807, 2.05) is 0 Å². The Hall–Kier alpha value is -3.26. The Bertz CT molecular complexity index is 870. The number of nitrogens with one attached hydrogen (secondary N) is 2. The molecule has 0 saturated heterocycles. The van der Waals surface area contributed by atoms with Crippen LogP contribution in [0.15, 0.2) is 42.5 Å². The second-order valence-electron chi connectivity index (χ2n) is 5.79. The predicted octanol–water partition coefficient (Wildman–Crippen LogP) is 2.66. The maximum atomic E-state index is 12.0. The van der Waals surface area contributed by atoms with Crippen molar-refractivity contribution >= 4 is 35.1 Å². The lowest BCUT2D eigenvalue weighted by molar-refractivity contribution is -0.147. The van der Waals surface area contributed by atoms with Crippen LogP contribution >= 0.6 is 11.6 Å². The topological polar surface area (TPSA) is 103 Å². The van der Waals surface area contributed by atoms with Crippen molar-refractivity contribution in [3.05, 3.63) is 53.1 Å². The Labute approximate surface area is 173 Å². The molecule has 0 fully saturated rings. The minimum absolute atomic E-state index is 0.0710. The number of hydrogen-bond acceptors (Lipinski definition) is 6. The van der Waals surface area contributed by atoms with Gasteiger partial charge in [0.1, 0.15) is 11.5 Å². The Morgan fingerprint density at radius 3 is 2.38 bits per heavy atom. The summed E-state index contributed by atoms with van der Waals surface area (Å²) in [5.74, 6) is -0.482. The highest BCUT2D eigenvalue weighted by molar-refractivity contribution is 6.30. The summed E-state index contributed by atoms with van der Waals surface area (Å²) < 4.78 is 15.2. The van der Waals surface area contributed by atoms with Crippen molar-refractivity contribution in [2.45, 2.75) is 6.42 Å². The number of carbonyl (C=O) groups is 3. The minimum atomic E-state index is -0.613. The fraction of sp³-hybridized carbons (Fsp3) is 0.250. The van der Waals surface area contributed by atoms with Gasteiger partial charge >= 0.3 is 5.97 Å². The van der Waals surface area contributed by atoms with Crippen LogP contribution in [0.5, 0.6) is 11.5 Å². The smallest absolute Gasteiger partial charge is 0.308 e. The summed E-state index contributed by atoms with van der Waals surface area (Å²) in [4.78, 5) is 35.7. The number of carbonyl (C=O) groups excluding carboxylic acids is 3. The SMILES string of the molecule is COc1ccc(NC(=O)COC(=O)CCNC(=O)c2ccc(Cl)cc2)c(OC)c1. The quantitative estimate of drug-likeness (QED) is 0.604. The van der Waals surface area contributed by atoms with Crippen molar-refractivity contribution in [2.24, 2.45) is 0 Å². The van der Waals surface area contributed by atoms with Gasteiger partial charge in [0.2, 0.25) is 0 Å². The molecule has 0 radical (unpaired) electrons. The van der Waals surface area contributed by atoms with E-state index in [4.69, 9.17) is 25.8 Å². The van der Waals surface area contributed by atoms with Gasteiger partial charge in [0.15, 0.2) is 6.61 Å². The molecule has 0 aliphatic carbocycles. The Morgan fingerprint density at radius 1 is 1.00 bits per heavy atom. The number of amides is 2. The number of benzene rings is 2. The zero-order valence-electron chi connectivity index (χ0n) is 16.0. The Balaban J connectivity index is 1.72. The molecule has 2 amide bonds. The molecule has 2 aromatic rings. The number of methoxy groups -OCH3 is 2. The second kappa shape index (κ2) is 10.9. The second-order valence-corrected chi connectivity index (χ2v) is 6.22. The Kier molecular flexibility index (Phi) is 8.29. The summed E-state index contributed by atoms with van der Waals surface area (Å²) in [5.41, 5.74) is 0.847. The van der Waals surface area contributed by atoms with E-state index < -0.39 is 18.5 Å². The van der Waals surface area contributed by atoms with Crippen molar-refractivity contribution < 1.29 is 28.6 Å². The van der Waals surface area contributed by atoms with Crippen LogP contribution in [0.2, 0.25) is 5.02 Å². The average molecular weight is 421 g/mol. The molecule has 29 heavy (non-hydrogen) atoms. The summed E-state index contributed by atoms with van der Waals surface area (Å²) in [7, 11) is 2.98. The molecule has 0 atom stereocenters. The van der Waals surface area contributed by atoms with Crippen LogP contribution in [-0.4, -0.2) is 45.2 Å². The van der Waals surface area contributed by atoms with Gasteiger partial charge in [0.25, 0.3) is 11.8 Å². The molecule has 0 bridgehead atoms. The molecular formula is C20H21ClN2O6. The monoisotopic (exact) mass is 420 g/mol. The molecule has 2 N–H and O–H groups in total. The van der Waals surface area contributed by atoms with Crippen molar-refractivity contribution in [2.75, 3.05) is 32.7 Å². The molecule has 0 heterocycles. The third-order valence-electron chi connectivity index (χ3n) is 3.77. The highest BCUT2D eigenvalue weighted by Gasteiger charge is 2.12. The number of anilines is 1. The van der Waals surface area contributed by atoms with Crippen LogP contribution in [0.4, 0.5) is 5.69 Å². The first-order valence-corrected chi connectivity index (χ1v) is 9.02. The lowest BCUT2D eigenvalue weighted by Crippen LogP contribution is -2.27. The summed E-state index contributed by atoms with van der Waals surface area (Å²) in [6.07, 6.45) is -0.0710. The van der Waals surface area contributed by atoms with Gasteiger partial charge in [-0.1, -0.05) is 11.6 Å². The Morgan fingerprint density at radius 2 is 1.72 bits per heavy atom. The zero-order chi connectivity index (χ0) is 21.2. The van der Waals surface area contributed by atoms with E-state index in [0.717, 1.165) is 0 Å². The normalized spacial score (nSPS) is 10.0. The average Bonchev–Trinajstić information content (AvgIpc) is 2.73. The van der Waals surface area contributed by atoms with Gasteiger partial charge in [-0.25, -0.2) is 0 Å². The van der Waals surface area contributed by atoms with Crippen LogP contribution in [0, 0.1) is 0 Å². The number of ether oxygens (including phenoxy) is 3. The van der Waals surface area contributed by atoms with Gasteiger partial charge in [0.05, 0.1) is 26.3 Å². The van der Waals surface area contributed by atoms with Gasteiger partial charge in [-0.05, 0) is 36.4 Å². The molecule has 0 aliphatic rings. The summed E-state index contributed by atoms with van der Waals surface area (Å²) in [5, 5.41) is 5.71. The van der Waals surface area contributed by atoms with Crippen LogP contribution in [0.3, 0.4) is 0 Å². The van der Waals surface area contributed by atoms with E-state index in [-0.39, 0.29) is 18.9 Å². The number of rotatable bonds is 9. The summed E-state index contributed by atoms with van der Waals surface area (Å²) in [6, 6.07) is 11.2. The van der Waals surface area contributed by atoms with E-state index in [1.54, 1.807) is 42.5 Å². The number of halogens is 1. The maximum absolute atomic E-state index is 12.0. The molecule has 0 aromatic heterocycles. The summed E-state index contributed by atoms with van der Waals surface area (Å²) in [6.45, 7) is -0.382. The minimum Gasteiger partial charge on any atom is -0.497 e. The van der Waals surface area contributed by atoms with Gasteiger partial charge in [0, 0.05) is 23.2 Å². The van der Waals surface area contributed by atoms with Gasteiger partial charge < -0.3 is 24.8 Å². The van der Waals surface area contributed by atoms with Crippen molar-refractivity contribution in [1.29, 1.82) is 0 Å². The highest BCUT2D eigenvalue weighted by Crippen LogP contribution is 2.28. The van der Waals surface area contributed by atoms with Crippen molar-refractivity contribution in [1.82, 2.24) is 5.32 Å². The van der Waals surface area contributed by atoms with Crippen LogP contribution < -0.4 is 20.1 Å². The van der Waals surface area contributed by atoms with Crippen LogP contribution in [0.25, 0.3) is 0 Å². The van der Waals surface area contributed by atoms with Crippen molar-refractivity contribution in [3.8, 4) is 11.5 Å². The fourth-order valence-corrected chi connectivity index (χ4v) is 2.41. The highest BCUT2D eigenvalue weighted by atomic mass is 35.5. The first-order chi connectivity index (χ1) is 13.9. The molecule has 154 valence electrons. The molecule has 0 spiro atoms. The van der Waals surface area contributed by atoms with Crippen LogP contribution in [-0.2, 0) is 14.3 Å². The number of esters is 1. The lowest BCUT2D eigenvalue weighted by Gasteiger charge is -2.12. The third kappa shape index (κ3) is 7.00. The van der Waals surface area contributed by atoms with Crippen molar-refractivity contribution in [3.63, 3.8) is 0 Å². The first kappa shape index (κ1) is 22.0. The molecular weight excluding hydrogens is 400 g/mol. The molecule has 0 aliphatic heterocycles. The van der Waals surface area contributed by atoms with E-state index in [2.05, 4.69) is 10.6 Å². The van der Waals surface area contributed by atoms with Crippen LogP contribution in [0.1, 0.15) is 16.8 Å². The van der Waals surface area contributed by atoms with E-state index in [0.29, 0.717) is 27.8 Å². The molecule has 9 heteroatoms. The molecule has 0 saturated carbocycles. The van der Waals surface area contributed by atoms with Gasteiger partial charge in [-0.15, -0.1) is 0 Å². The molecule has 8 nitrogen and oxygen atoms in total. The van der Waals surface area contributed by atoms with E-state index in [1.165, 1.54) is 14.2 Å². The maximum Gasteiger partial charge on any atom is 0.308 e. The standard InChI is InChI=1S/C20H21ClN2O6/c1-27-15-7-8-16(17(11-15)28-2)23-18(24)12-29-19(25)9-10-22-20(26)13-3-5-14(21)6-4-13/h3-8,11H,9-10,12H2,1-2H3,(H,22,26)(H,23,24). The largest absolute Gasteiger partial charge is 0.497 e.